The van der Waals surface area contributed by atoms with Gasteiger partial charge >= 0.3 is 5.97 Å². The molecule has 0 amide bonds. The number of para-hydroxylation sites is 1. The first-order valence-corrected chi connectivity index (χ1v) is 5.91. The van der Waals surface area contributed by atoms with Crippen LogP contribution in [0.25, 0.3) is 0 Å². The van der Waals surface area contributed by atoms with Crippen LogP contribution in [0, 0.1) is 5.82 Å². The van der Waals surface area contributed by atoms with Crippen molar-refractivity contribution in [1.29, 1.82) is 0 Å². The lowest BCUT2D eigenvalue weighted by Crippen LogP contribution is -2.20. The van der Waals surface area contributed by atoms with Crippen LogP contribution in [0.3, 0.4) is 0 Å². The van der Waals surface area contributed by atoms with Crippen LogP contribution < -0.4 is 4.74 Å². The molecule has 0 heterocycles. The van der Waals surface area contributed by atoms with E-state index >= 15 is 0 Å². The Labute approximate surface area is 112 Å². The Morgan fingerprint density at radius 2 is 1.95 bits per heavy atom. The number of carbonyl (C=O) groups is 1. The summed E-state index contributed by atoms with van der Waals surface area (Å²) in [5.74, 6) is -1.25. The van der Waals surface area contributed by atoms with E-state index in [-0.39, 0.29) is 17.6 Å². The predicted octanol–water partition coefficient (Wildman–Crippen LogP) is 2.56. The third-order valence-electron chi connectivity index (χ3n) is 1.98. The van der Waals surface area contributed by atoms with E-state index in [2.05, 4.69) is 0 Å². The second-order valence-corrected chi connectivity index (χ2v) is 4.44. The number of ether oxygens (including phenoxy) is 2. The maximum atomic E-state index is 13.5. The lowest BCUT2D eigenvalue weighted by molar-refractivity contribution is -0.145. The van der Waals surface area contributed by atoms with Crippen LogP contribution in [0.15, 0.2) is 36.2 Å². The predicted molar refractivity (Wildman–Crippen MR) is 70.0 cm³/mol. The van der Waals surface area contributed by atoms with Crippen LogP contribution >= 0.6 is 0 Å². The summed E-state index contributed by atoms with van der Waals surface area (Å²) in [5, 5.41) is 0. The Morgan fingerprint density at radius 3 is 2.47 bits per heavy atom. The second-order valence-electron chi connectivity index (χ2n) is 4.44. The highest BCUT2D eigenvalue weighted by atomic mass is 19.1. The van der Waals surface area contributed by atoms with Gasteiger partial charge in [-0.3, -0.25) is 0 Å². The third kappa shape index (κ3) is 4.99. The largest absolute Gasteiger partial charge is 0.457 e. The molecule has 0 aliphatic heterocycles. The molecule has 19 heavy (non-hydrogen) atoms. The zero-order valence-corrected chi connectivity index (χ0v) is 11.5. The molecule has 0 aromatic heterocycles. The van der Waals surface area contributed by atoms with E-state index in [1.807, 2.05) is 0 Å². The van der Waals surface area contributed by atoms with Crippen molar-refractivity contribution in [2.75, 3.05) is 14.1 Å². The average molecular weight is 267 g/mol. The van der Waals surface area contributed by atoms with Gasteiger partial charge in [-0.2, -0.15) is 0 Å². The molecule has 0 atom stereocenters. The molecule has 0 N–H and O–H groups in total. The fraction of sp³-hybridized carbons (Fsp3) is 0.357. The van der Waals surface area contributed by atoms with Crippen molar-refractivity contribution in [3.63, 3.8) is 0 Å². The SMILES string of the molecule is CC(C)OC(=O)/C(=C/N(C)C)Oc1ccccc1F. The minimum Gasteiger partial charge on any atom is -0.457 e. The van der Waals surface area contributed by atoms with Crippen LogP contribution in [-0.4, -0.2) is 31.1 Å². The lowest BCUT2D eigenvalue weighted by atomic mass is 10.3. The Bertz CT molecular complexity index is 470. The van der Waals surface area contributed by atoms with E-state index in [1.165, 1.54) is 18.3 Å². The van der Waals surface area contributed by atoms with E-state index in [0.717, 1.165) is 0 Å². The number of hydrogen-bond donors (Lipinski definition) is 0. The van der Waals surface area contributed by atoms with Gasteiger partial charge in [0.25, 0.3) is 0 Å². The van der Waals surface area contributed by atoms with Crippen LogP contribution in [0.2, 0.25) is 0 Å². The normalized spacial score (nSPS) is 11.4. The van der Waals surface area contributed by atoms with E-state index in [4.69, 9.17) is 9.47 Å². The molecule has 0 unspecified atom stereocenters. The van der Waals surface area contributed by atoms with E-state index in [0.29, 0.717) is 0 Å². The molecule has 0 fully saturated rings. The Kier molecular flexibility index (Phi) is 5.36. The topological polar surface area (TPSA) is 38.8 Å². The molecule has 1 rings (SSSR count). The van der Waals surface area contributed by atoms with Gasteiger partial charge in [-0.15, -0.1) is 0 Å². The maximum Gasteiger partial charge on any atom is 0.376 e. The van der Waals surface area contributed by atoms with E-state index in [9.17, 15) is 9.18 Å². The summed E-state index contributed by atoms with van der Waals surface area (Å²) in [5.41, 5.74) is 0. The van der Waals surface area contributed by atoms with Gasteiger partial charge in [0.1, 0.15) is 0 Å². The summed E-state index contributed by atoms with van der Waals surface area (Å²) < 4.78 is 23.8. The molecule has 4 nitrogen and oxygen atoms in total. The lowest BCUT2D eigenvalue weighted by Gasteiger charge is -2.14. The fourth-order valence-electron chi connectivity index (χ4n) is 1.27. The first kappa shape index (κ1) is 15.0. The molecular weight excluding hydrogens is 249 g/mol. The highest BCUT2D eigenvalue weighted by Gasteiger charge is 2.17. The molecule has 0 spiro atoms. The molecule has 0 radical (unpaired) electrons. The first-order valence-electron chi connectivity index (χ1n) is 5.91. The standard InChI is InChI=1S/C14H18FNO3/c1-10(2)18-14(17)13(9-16(3)4)19-12-8-6-5-7-11(12)15/h5-10H,1-4H3/b13-9-. The van der Waals surface area contributed by atoms with Crippen molar-refractivity contribution in [3.05, 3.63) is 42.0 Å². The zero-order valence-electron chi connectivity index (χ0n) is 11.5. The molecule has 0 saturated carbocycles. The fourth-order valence-corrected chi connectivity index (χ4v) is 1.27. The highest BCUT2D eigenvalue weighted by molar-refractivity contribution is 5.86. The number of nitrogens with zero attached hydrogens (tertiary/aromatic N) is 1. The van der Waals surface area contributed by atoms with Gasteiger partial charge in [0, 0.05) is 20.3 Å². The van der Waals surface area contributed by atoms with Crippen molar-refractivity contribution in [2.45, 2.75) is 20.0 Å². The molecule has 104 valence electrons. The Hall–Kier alpha value is -2.04. The average Bonchev–Trinajstić information content (AvgIpc) is 2.29. The number of carbonyl (C=O) groups excluding carboxylic acids is 1. The molecular formula is C14H18FNO3. The van der Waals surface area contributed by atoms with Crippen molar-refractivity contribution in [2.24, 2.45) is 0 Å². The third-order valence-corrected chi connectivity index (χ3v) is 1.98. The van der Waals surface area contributed by atoms with Crippen molar-refractivity contribution in [1.82, 2.24) is 4.90 Å². The molecule has 0 bridgehead atoms. The molecule has 1 aromatic carbocycles. The summed E-state index contributed by atoms with van der Waals surface area (Å²) in [7, 11) is 3.46. The molecule has 0 aliphatic carbocycles. The summed E-state index contributed by atoms with van der Waals surface area (Å²) in [6, 6.07) is 5.88. The summed E-state index contributed by atoms with van der Waals surface area (Å²) in [4.78, 5) is 13.5. The smallest absolute Gasteiger partial charge is 0.376 e. The monoisotopic (exact) mass is 267 g/mol. The summed E-state index contributed by atoms with van der Waals surface area (Å²) in [6.07, 6.45) is 1.17. The summed E-state index contributed by atoms with van der Waals surface area (Å²) in [6.45, 7) is 3.46. The minimum absolute atomic E-state index is 0.0173. The maximum absolute atomic E-state index is 13.5. The van der Waals surface area contributed by atoms with Crippen LogP contribution in [0.1, 0.15) is 13.8 Å². The van der Waals surface area contributed by atoms with Gasteiger partial charge in [-0.05, 0) is 26.0 Å². The number of benzene rings is 1. The van der Waals surface area contributed by atoms with Crippen LogP contribution in [-0.2, 0) is 9.53 Å². The van der Waals surface area contributed by atoms with Gasteiger partial charge in [0.15, 0.2) is 11.6 Å². The summed E-state index contributed by atoms with van der Waals surface area (Å²) >= 11 is 0. The van der Waals surface area contributed by atoms with Gasteiger partial charge in [0.05, 0.1) is 6.10 Å². The van der Waals surface area contributed by atoms with Crippen molar-refractivity contribution in [3.8, 4) is 5.75 Å². The Morgan fingerprint density at radius 1 is 1.32 bits per heavy atom. The molecule has 1 aromatic rings. The van der Waals surface area contributed by atoms with E-state index < -0.39 is 11.8 Å². The Balaban J connectivity index is 2.94. The minimum atomic E-state index is -0.632. The highest BCUT2D eigenvalue weighted by Crippen LogP contribution is 2.19. The van der Waals surface area contributed by atoms with Crippen molar-refractivity contribution < 1.29 is 18.7 Å². The van der Waals surface area contributed by atoms with Gasteiger partial charge in [-0.1, -0.05) is 12.1 Å². The molecule has 0 aliphatic rings. The second kappa shape index (κ2) is 6.78. The van der Waals surface area contributed by atoms with Crippen LogP contribution in [0.4, 0.5) is 4.39 Å². The molecule has 5 heteroatoms. The zero-order chi connectivity index (χ0) is 14.4. The first-order chi connectivity index (χ1) is 8.90. The molecule has 0 saturated heterocycles. The number of rotatable bonds is 5. The van der Waals surface area contributed by atoms with Gasteiger partial charge < -0.3 is 14.4 Å². The van der Waals surface area contributed by atoms with Crippen LogP contribution in [0.5, 0.6) is 5.75 Å². The number of esters is 1. The van der Waals surface area contributed by atoms with Gasteiger partial charge in [0.2, 0.25) is 5.76 Å². The quantitative estimate of drug-likeness (QED) is 0.467. The number of hydrogen-bond acceptors (Lipinski definition) is 4. The van der Waals surface area contributed by atoms with Crippen molar-refractivity contribution >= 4 is 5.97 Å². The van der Waals surface area contributed by atoms with Gasteiger partial charge in [-0.25, -0.2) is 9.18 Å². The van der Waals surface area contributed by atoms with E-state index in [1.54, 1.807) is 45.0 Å². The number of halogens is 1.